The molecule has 3 aliphatic rings. The summed E-state index contributed by atoms with van der Waals surface area (Å²) in [4.78, 5) is 40.3. The van der Waals surface area contributed by atoms with E-state index in [0.29, 0.717) is 11.3 Å². The average molecular weight is 402 g/mol. The molecule has 150 valence electrons. The number of thioether (sulfide) groups is 1. The number of rotatable bonds is 5. The molecule has 0 spiro atoms. The lowest BCUT2D eigenvalue weighted by Crippen LogP contribution is -2.56. The van der Waals surface area contributed by atoms with Crippen LogP contribution in [0.3, 0.4) is 0 Å². The molecule has 28 heavy (non-hydrogen) atoms. The number of hydrogen-bond acceptors (Lipinski definition) is 4. The number of benzene rings is 1. The highest BCUT2D eigenvalue weighted by Crippen LogP contribution is 2.48. The van der Waals surface area contributed by atoms with Gasteiger partial charge in [0.25, 0.3) is 5.91 Å². The van der Waals surface area contributed by atoms with Crippen molar-refractivity contribution in [1.82, 2.24) is 15.5 Å². The van der Waals surface area contributed by atoms with Gasteiger partial charge < -0.3 is 15.5 Å². The molecule has 4 rings (SSSR count). The lowest BCUT2D eigenvalue weighted by Gasteiger charge is -2.27. The third-order valence-corrected chi connectivity index (χ3v) is 7.25. The van der Waals surface area contributed by atoms with E-state index in [1.54, 1.807) is 16.7 Å². The van der Waals surface area contributed by atoms with E-state index in [4.69, 9.17) is 0 Å². The first-order valence-corrected chi connectivity index (χ1v) is 11.2. The maximum atomic E-state index is 13.0. The van der Waals surface area contributed by atoms with E-state index in [0.717, 1.165) is 31.2 Å². The summed E-state index contributed by atoms with van der Waals surface area (Å²) in [6.45, 7) is 3.87. The van der Waals surface area contributed by atoms with E-state index >= 15 is 0 Å². The average Bonchev–Trinajstić information content (AvgIpc) is 3.39. The first kappa shape index (κ1) is 19.3. The molecular weight excluding hydrogens is 374 g/mol. The van der Waals surface area contributed by atoms with E-state index in [1.165, 1.54) is 0 Å². The molecule has 1 saturated carbocycles. The van der Waals surface area contributed by atoms with E-state index < -0.39 is 12.1 Å². The van der Waals surface area contributed by atoms with Crippen LogP contribution in [-0.2, 0) is 9.59 Å². The Morgan fingerprint density at radius 3 is 2.61 bits per heavy atom. The summed E-state index contributed by atoms with van der Waals surface area (Å²) in [5.41, 5.74) is 1.66. The molecule has 1 aromatic rings. The van der Waals surface area contributed by atoms with Crippen molar-refractivity contribution in [3.05, 3.63) is 35.4 Å². The molecule has 1 aliphatic carbocycles. The van der Waals surface area contributed by atoms with Gasteiger partial charge in [0.2, 0.25) is 11.8 Å². The summed E-state index contributed by atoms with van der Waals surface area (Å²) >= 11 is 1.61. The summed E-state index contributed by atoms with van der Waals surface area (Å²) in [5.74, 6) is 0.0693. The first-order valence-electron chi connectivity index (χ1n) is 10.1. The summed E-state index contributed by atoms with van der Waals surface area (Å²) in [5, 5.41) is 5.91. The molecule has 0 aromatic heterocycles. The van der Waals surface area contributed by atoms with Crippen LogP contribution in [0.2, 0.25) is 0 Å². The normalized spacial score (nSPS) is 25.0. The second kappa shape index (κ2) is 7.78. The molecule has 1 aromatic carbocycles. The summed E-state index contributed by atoms with van der Waals surface area (Å²) in [6, 6.07) is 6.63. The lowest BCUT2D eigenvalue weighted by atomic mass is 10.0. The van der Waals surface area contributed by atoms with Crippen molar-refractivity contribution >= 4 is 29.5 Å². The molecule has 7 heteroatoms. The molecule has 0 bridgehead atoms. The minimum absolute atomic E-state index is 0.0262. The van der Waals surface area contributed by atoms with Crippen molar-refractivity contribution in [1.29, 1.82) is 0 Å². The quantitative estimate of drug-likeness (QED) is 0.794. The number of nitrogens with zero attached hydrogens (tertiary/aromatic N) is 1. The zero-order chi connectivity index (χ0) is 19.8. The predicted molar refractivity (Wildman–Crippen MR) is 109 cm³/mol. The fraction of sp³-hybridized carbons (Fsp3) is 0.571. The van der Waals surface area contributed by atoms with Crippen LogP contribution in [0, 0.1) is 5.92 Å². The van der Waals surface area contributed by atoms with Crippen molar-refractivity contribution in [3.8, 4) is 0 Å². The van der Waals surface area contributed by atoms with Gasteiger partial charge in [-0.3, -0.25) is 14.4 Å². The maximum absolute atomic E-state index is 13.0. The van der Waals surface area contributed by atoms with Gasteiger partial charge in [-0.05, 0) is 30.4 Å². The van der Waals surface area contributed by atoms with Crippen molar-refractivity contribution in [2.75, 3.05) is 5.75 Å². The highest BCUT2D eigenvalue weighted by molar-refractivity contribution is 7.99. The number of amides is 3. The second-order valence-electron chi connectivity index (χ2n) is 8.22. The number of hydrogen-bond donors (Lipinski definition) is 2. The van der Waals surface area contributed by atoms with Gasteiger partial charge in [-0.2, -0.15) is 0 Å². The van der Waals surface area contributed by atoms with Crippen molar-refractivity contribution in [3.63, 3.8) is 0 Å². The first-order chi connectivity index (χ1) is 13.5. The third-order valence-electron chi connectivity index (χ3n) is 5.94. The Bertz CT molecular complexity index is 791. The number of carbonyl (C=O) groups is 3. The van der Waals surface area contributed by atoms with Crippen molar-refractivity contribution in [2.24, 2.45) is 5.92 Å². The van der Waals surface area contributed by atoms with Gasteiger partial charge in [-0.25, -0.2) is 0 Å². The minimum atomic E-state index is -0.586. The van der Waals surface area contributed by atoms with E-state index in [1.807, 2.05) is 38.1 Å². The summed E-state index contributed by atoms with van der Waals surface area (Å²) < 4.78 is 0. The fourth-order valence-electron chi connectivity index (χ4n) is 4.39. The Morgan fingerprint density at radius 2 is 1.89 bits per heavy atom. The standard InChI is InChI=1S/C21H27N3O3S/c1-12(2)17(19(26)22-13-7-3-4-8-13)23-18(25)16-11-28-21-15-10-6-5-9-14(15)20(27)24(16)21/h5-6,9-10,12-13,16-17,21H,3-4,7-8,11H2,1-2H3,(H,22,26)(H,23,25)/t16-,17-,21-/m0/s1. The van der Waals surface area contributed by atoms with Gasteiger partial charge in [0, 0.05) is 17.4 Å². The molecule has 3 amide bonds. The highest BCUT2D eigenvalue weighted by Gasteiger charge is 2.48. The zero-order valence-corrected chi connectivity index (χ0v) is 17.1. The monoisotopic (exact) mass is 401 g/mol. The Hall–Kier alpha value is -2.02. The molecule has 3 atom stereocenters. The molecule has 0 radical (unpaired) electrons. The number of carbonyl (C=O) groups excluding carboxylic acids is 3. The zero-order valence-electron chi connectivity index (χ0n) is 16.3. The predicted octanol–water partition coefficient (Wildman–Crippen LogP) is 2.46. The SMILES string of the molecule is CC(C)[C@H](NC(=O)[C@@H]1CS[C@H]2c3ccccc3C(=O)N12)C(=O)NC1CCCC1. The number of nitrogens with one attached hydrogen (secondary N) is 2. The fourth-order valence-corrected chi connectivity index (χ4v) is 5.85. The van der Waals surface area contributed by atoms with Crippen LogP contribution in [0.5, 0.6) is 0 Å². The Kier molecular flexibility index (Phi) is 5.36. The molecule has 6 nitrogen and oxygen atoms in total. The largest absolute Gasteiger partial charge is 0.352 e. The molecule has 2 fully saturated rings. The van der Waals surface area contributed by atoms with Gasteiger partial charge in [0.15, 0.2) is 0 Å². The molecule has 1 saturated heterocycles. The van der Waals surface area contributed by atoms with Gasteiger partial charge in [0.05, 0.1) is 0 Å². The topological polar surface area (TPSA) is 78.5 Å². The minimum Gasteiger partial charge on any atom is -0.352 e. The summed E-state index contributed by atoms with van der Waals surface area (Å²) in [7, 11) is 0. The lowest BCUT2D eigenvalue weighted by molar-refractivity contribution is -0.132. The van der Waals surface area contributed by atoms with Crippen LogP contribution in [0.4, 0.5) is 0 Å². The molecule has 2 aliphatic heterocycles. The Labute approximate surface area is 169 Å². The maximum Gasteiger partial charge on any atom is 0.256 e. The number of fused-ring (bicyclic) bond motifs is 3. The second-order valence-corrected chi connectivity index (χ2v) is 9.33. The Balaban J connectivity index is 1.45. The van der Waals surface area contributed by atoms with Crippen LogP contribution in [0.1, 0.15) is 60.8 Å². The highest BCUT2D eigenvalue weighted by atomic mass is 32.2. The van der Waals surface area contributed by atoms with Crippen LogP contribution in [0.15, 0.2) is 24.3 Å². The van der Waals surface area contributed by atoms with Crippen LogP contribution in [-0.4, -0.2) is 46.5 Å². The van der Waals surface area contributed by atoms with Gasteiger partial charge in [0.1, 0.15) is 17.5 Å². The molecule has 0 unspecified atom stereocenters. The van der Waals surface area contributed by atoms with Crippen LogP contribution in [0.25, 0.3) is 0 Å². The van der Waals surface area contributed by atoms with Crippen molar-refractivity contribution in [2.45, 2.75) is 63.0 Å². The molecule has 2 heterocycles. The van der Waals surface area contributed by atoms with E-state index in [9.17, 15) is 14.4 Å². The van der Waals surface area contributed by atoms with Crippen LogP contribution < -0.4 is 10.6 Å². The summed E-state index contributed by atoms with van der Waals surface area (Å²) in [6.07, 6.45) is 4.29. The van der Waals surface area contributed by atoms with Crippen molar-refractivity contribution < 1.29 is 14.4 Å². The molecular formula is C21H27N3O3S. The van der Waals surface area contributed by atoms with Gasteiger partial charge >= 0.3 is 0 Å². The smallest absolute Gasteiger partial charge is 0.256 e. The third kappa shape index (κ3) is 3.41. The van der Waals surface area contributed by atoms with E-state index in [-0.39, 0.29) is 35.1 Å². The van der Waals surface area contributed by atoms with Gasteiger partial charge in [-0.15, -0.1) is 11.8 Å². The van der Waals surface area contributed by atoms with Crippen LogP contribution >= 0.6 is 11.8 Å². The Morgan fingerprint density at radius 1 is 1.18 bits per heavy atom. The van der Waals surface area contributed by atoms with Gasteiger partial charge in [-0.1, -0.05) is 44.9 Å². The van der Waals surface area contributed by atoms with E-state index in [2.05, 4.69) is 10.6 Å². The molecule has 2 N–H and O–H groups in total.